The lowest BCUT2D eigenvalue weighted by atomic mass is 9.98. The van der Waals surface area contributed by atoms with E-state index in [1.807, 2.05) is 12.1 Å². The first-order valence-electron chi connectivity index (χ1n) is 9.27. The van der Waals surface area contributed by atoms with Crippen molar-refractivity contribution < 1.29 is 18.8 Å². The van der Waals surface area contributed by atoms with E-state index in [4.69, 9.17) is 14.0 Å². The number of benzene rings is 1. The predicted molar refractivity (Wildman–Crippen MR) is 108 cm³/mol. The van der Waals surface area contributed by atoms with Crippen LogP contribution in [0.1, 0.15) is 27.2 Å². The Hall–Kier alpha value is -3.55. The molecule has 0 aliphatic carbocycles. The molecule has 0 saturated heterocycles. The second-order valence-corrected chi connectivity index (χ2v) is 6.83. The number of methoxy groups -OCH3 is 2. The molecule has 150 valence electrons. The summed E-state index contributed by atoms with van der Waals surface area (Å²) >= 11 is 0. The van der Waals surface area contributed by atoms with E-state index >= 15 is 0 Å². The van der Waals surface area contributed by atoms with Crippen molar-refractivity contribution in [3.05, 3.63) is 59.0 Å². The maximum absolute atomic E-state index is 12.5. The van der Waals surface area contributed by atoms with E-state index in [1.54, 1.807) is 45.5 Å². The number of rotatable bonds is 5. The maximum Gasteiger partial charge on any atom is 0.257 e. The minimum Gasteiger partial charge on any atom is -0.493 e. The van der Waals surface area contributed by atoms with Crippen LogP contribution < -0.4 is 19.7 Å². The highest BCUT2D eigenvalue weighted by molar-refractivity contribution is 6.04. The molecular formula is C21H22N4O4. The van der Waals surface area contributed by atoms with Gasteiger partial charge in [-0.25, -0.2) is 4.98 Å². The van der Waals surface area contributed by atoms with Gasteiger partial charge in [-0.15, -0.1) is 0 Å². The van der Waals surface area contributed by atoms with Crippen LogP contribution in [0.2, 0.25) is 0 Å². The van der Waals surface area contributed by atoms with E-state index in [2.05, 4.69) is 20.4 Å². The van der Waals surface area contributed by atoms with Crippen LogP contribution in [0.5, 0.6) is 11.5 Å². The Morgan fingerprint density at radius 3 is 2.59 bits per heavy atom. The fourth-order valence-corrected chi connectivity index (χ4v) is 3.43. The first-order valence-corrected chi connectivity index (χ1v) is 9.27. The lowest BCUT2D eigenvalue weighted by molar-refractivity contribution is 0.102. The summed E-state index contributed by atoms with van der Waals surface area (Å²) in [5, 5.41) is 6.53. The summed E-state index contributed by atoms with van der Waals surface area (Å²) in [6, 6.07) is 9.17. The Morgan fingerprint density at radius 2 is 1.90 bits per heavy atom. The lowest BCUT2D eigenvalue weighted by Gasteiger charge is -2.30. The van der Waals surface area contributed by atoms with E-state index in [9.17, 15) is 4.79 Å². The number of anilines is 2. The molecule has 0 bridgehead atoms. The van der Waals surface area contributed by atoms with Gasteiger partial charge in [0.25, 0.3) is 5.91 Å². The van der Waals surface area contributed by atoms with Gasteiger partial charge in [-0.05, 0) is 48.7 Å². The molecule has 0 unspecified atom stereocenters. The highest BCUT2D eigenvalue weighted by Gasteiger charge is 2.21. The number of ether oxygens (including phenoxy) is 2. The molecule has 0 saturated carbocycles. The third kappa shape index (κ3) is 3.87. The Labute approximate surface area is 168 Å². The molecule has 0 radical (unpaired) electrons. The van der Waals surface area contributed by atoms with Crippen LogP contribution in [0.15, 0.2) is 41.1 Å². The monoisotopic (exact) mass is 394 g/mol. The lowest BCUT2D eigenvalue weighted by Crippen LogP contribution is -2.31. The van der Waals surface area contributed by atoms with Gasteiger partial charge in [0.1, 0.15) is 11.6 Å². The normalized spacial score (nSPS) is 13.0. The Kier molecular flexibility index (Phi) is 5.07. The molecular weight excluding hydrogens is 372 g/mol. The number of fused-ring (bicyclic) bond motifs is 1. The molecule has 3 aromatic rings. The minimum absolute atomic E-state index is 0.259. The van der Waals surface area contributed by atoms with Crippen molar-refractivity contribution >= 4 is 17.5 Å². The largest absolute Gasteiger partial charge is 0.493 e. The zero-order chi connectivity index (χ0) is 20.4. The minimum atomic E-state index is -0.259. The van der Waals surface area contributed by atoms with Crippen molar-refractivity contribution in [1.29, 1.82) is 0 Å². The first kappa shape index (κ1) is 18.8. The van der Waals surface area contributed by atoms with Crippen molar-refractivity contribution in [2.45, 2.75) is 19.9 Å². The van der Waals surface area contributed by atoms with Crippen molar-refractivity contribution in [2.75, 3.05) is 31.0 Å². The maximum atomic E-state index is 12.5. The van der Waals surface area contributed by atoms with Crippen molar-refractivity contribution in [2.24, 2.45) is 0 Å². The van der Waals surface area contributed by atoms with E-state index in [0.717, 1.165) is 30.1 Å². The zero-order valence-electron chi connectivity index (χ0n) is 16.6. The van der Waals surface area contributed by atoms with Gasteiger partial charge in [0.05, 0.1) is 14.2 Å². The molecule has 1 aromatic carbocycles. The summed E-state index contributed by atoms with van der Waals surface area (Å²) in [5.41, 5.74) is 2.89. The number of nitrogens with zero attached hydrogens (tertiary/aromatic N) is 3. The number of carbonyl (C=O) groups excluding carboxylic acids is 1. The number of amides is 1. The topological polar surface area (TPSA) is 89.7 Å². The third-order valence-electron chi connectivity index (χ3n) is 4.92. The number of carbonyl (C=O) groups is 1. The zero-order valence-corrected chi connectivity index (χ0v) is 16.6. The molecule has 3 heterocycles. The highest BCUT2D eigenvalue weighted by Crippen LogP contribution is 2.34. The average Bonchev–Trinajstić information content (AvgIpc) is 3.16. The highest BCUT2D eigenvalue weighted by atomic mass is 16.5. The summed E-state index contributed by atoms with van der Waals surface area (Å²) in [5.74, 6) is 2.95. The molecule has 1 aliphatic heterocycles. The van der Waals surface area contributed by atoms with Crippen LogP contribution in [0.25, 0.3) is 0 Å². The number of hydrogen-bond donors (Lipinski definition) is 1. The van der Waals surface area contributed by atoms with Crippen LogP contribution in [0.3, 0.4) is 0 Å². The summed E-state index contributed by atoms with van der Waals surface area (Å²) in [7, 11) is 3.27. The average molecular weight is 394 g/mol. The SMILES string of the molecule is COc1cc2c(cc1OC)CN(c1cc(C(=O)Nc3cc(C)on3)ccn1)CC2. The van der Waals surface area contributed by atoms with Gasteiger partial charge in [-0.3, -0.25) is 4.79 Å². The predicted octanol–water partition coefficient (Wildman–Crippen LogP) is 3.21. The second kappa shape index (κ2) is 7.83. The summed E-state index contributed by atoms with van der Waals surface area (Å²) < 4.78 is 15.8. The van der Waals surface area contributed by atoms with E-state index in [0.29, 0.717) is 29.4 Å². The summed E-state index contributed by atoms with van der Waals surface area (Å²) in [4.78, 5) is 19.1. The first-order chi connectivity index (χ1) is 14.1. The smallest absolute Gasteiger partial charge is 0.257 e. The molecule has 0 atom stereocenters. The Morgan fingerprint density at radius 1 is 1.14 bits per heavy atom. The van der Waals surface area contributed by atoms with E-state index in [-0.39, 0.29) is 5.91 Å². The van der Waals surface area contributed by atoms with Crippen LogP contribution in [0.4, 0.5) is 11.6 Å². The van der Waals surface area contributed by atoms with Gasteiger partial charge < -0.3 is 24.2 Å². The van der Waals surface area contributed by atoms with Crippen LogP contribution in [-0.4, -0.2) is 36.8 Å². The van der Waals surface area contributed by atoms with Gasteiger partial charge in [0, 0.05) is 30.9 Å². The Bertz CT molecular complexity index is 1050. The molecule has 1 N–H and O–H groups in total. The van der Waals surface area contributed by atoms with Crippen molar-refractivity contribution in [1.82, 2.24) is 10.1 Å². The molecule has 0 fully saturated rings. The van der Waals surface area contributed by atoms with E-state index < -0.39 is 0 Å². The molecule has 0 spiro atoms. The van der Waals surface area contributed by atoms with Crippen LogP contribution in [0, 0.1) is 6.92 Å². The standard InChI is InChI=1S/C21H22N4O4/c1-13-8-19(24-29-13)23-21(26)15-4-6-22-20(11-15)25-7-5-14-9-17(27-2)18(28-3)10-16(14)12-25/h4,6,8-11H,5,7,12H2,1-3H3,(H,23,24,26). The van der Waals surface area contributed by atoms with Gasteiger partial charge >= 0.3 is 0 Å². The number of pyridine rings is 1. The van der Waals surface area contributed by atoms with Gasteiger partial charge in [-0.1, -0.05) is 5.16 Å². The third-order valence-corrected chi connectivity index (χ3v) is 4.92. The molecule has 8 heteroatoms. The molecule has 1 aliphatic rings. The fraction of sp³-hybridized carbons (Fsp3) is 0.286. The molecule has 8 nitrogen and oxygen atoms in total. The second-order valence-electron chi connectivity index (χ2n) is 6.83. The van der Waals surface area contributed by atoms with Gasteiger partial charge in [-0.2, -0.15) is 0 Å². The van der Waals surface area contributed by atoms with Gasteiger partial charge in [0.15, 0.2) is 17.3 Å². The Balaban J connectivity index is 1.54. The van der Waals surface area contributed by atoms with Crippen LogP contribution >= 0.6 is 0 Å². The number of aromatic nitrogens is 2. The summed E-state index contributed by atoms with van der Waals surface area (Å²) in [6.45, 7) is 3.24. The van der Waals surface area contributed by atoms with Gasteiger partial charge in [0.2, 0.25) is 0 Å². The number of hydrogen-bond acceptors (Lipinski definition) is 7. The summed E-state index contributed by atoms with van der Waals surface area (Å²) in [6.07, 6.45) is 2.49. The number of aryl methyl sites for hydroxylation is 1. The van der Waals surface area contributed by atoms with Crippen LogP contribution in [-0.2, 0) is 13.0 Å². The molecule has 1 amide bonds. The molecule has 29 heavy (non-hydrogen) atoms. The van der Waals surface area contributed by atoms with Crippen molar-refractivity contribution in [3.63, 3.8) is 0 Å². The molecule has 4 rings (SSSR count). The fourth-order valence-electron chi connectivity index (χ4n) is 3.43. The quantitative estimate of drug-likeness (QED) is 0.711. The molecule has 2 aromatic heterocycles. The number of nitrogens with one attached hydrogen (secondary N) is 1. The van der Waals surface area contributed by atoms with Crippen molar-refractivity contribution in [3.8, 4) is 11.5 Å². The van der Waals surface area contributed by atoms with E-state index in [1.165, 1.54) is 5.56 Å².